The smallest absolute Gasteiger partial charge is 0.297 e. The van der Waals surface area contributed by atoms with Gasteiger partial charge >= 0.3 is 0 Å². The first-order chi connectivity index (χ1) is 12.1. The molecular formula is C19H22N4O2. The summed E-state index contributed by atoms with van der Waals surface area (Å²) in [5.41, 5.74) is 3.18. The predicted molar refractivity (Wildman–Crippen MR) is 96.1 cm³/mol. The summed E-state index contributed by atoms with van der Waals surface area (Å²) in [6, 6.07) is 9.47. The van der Waals surface area contributed by atoms with Gasteiger partial charge in [-0.05, 0) is 50.8 Å². The van der Waals surface area contributed by atoms with Crippen molar-refractivity contribution < 1.29 is 5.11 Å². The molecule has 1 aromatic carbocycles. The maximum atomic E-state index is 12.4. The largest absolute Gasteiger partial charge is 0.503 e. The number of benzene rings is 1. The molecule has 2 N–H and O–H groups in total. The maximum Gasteiger partial charge on any atom is 0.297 e. The molecule has 25 heavy (non-hydrogen) atoms. The standard InChI is InChI=1S/C19H22N4O2/c1-14-7-9-17(10-8-14)23-12-11-15(18(24)19(23)25)5-3-2-4-6-16-13-20-22-21-16/h7-13,24H,2-6H2,1H3,(H,20,21,22). The Hall–Kier alpha value is -2.89. The van der Waals surface area contributed by atoms with Crippen LogP contribution in [0.2, 0.25) is 0 Å². The molecule has 0 aliphatic heterocycles. The Morgan fingerprint density at radius 3 is 2.56 bits per heavy atom. The third-order valence-corrected chi connectivity index (χ3v) is 4.31. The van der Waals surface area contributed by atoms with Crippen LogP contribution in [0, 0.1) is 6.92 Å². The zero-order valence-corrected chi connectivity index (χ0v) is 14.3. The van der Waals surface area contributed by atoms with Crippen molar-refractivity contribution in [2.24, 2.45) is 0 Å². The highest BCUT2D eigenvalue weighted by Gasteiger charge is 2.10. The fraction of sp³-hybridized carbons (Fsp3) is 0.316. The average Bonchev–Trinajstić information content (AvgIpc) is 3.13. The summed E-state index contributed by atoms with van der Waals surface area (Å²) in [6.07, 6.45) is 7.97. The number of aromatic nitrogens is 4. The zero-order chi connectivity index (χ0) is 17.6. The molecule has 0 saturated carbocycles. The Bertz CT molecular complexity index is 867. The van der Waals surface area contributed by atoms with Crippen LogP contribution < -0.4 is 5.56 Å². The molecule has 0 amide bonds. The highest BCUT2D eigenvalue weighted by molar-refractivity contribution is 5.38. The van der Waals surface area contributed by atoms with Crippen molar-refractivity contribution in [3.63, 3.8) is 0 Å². The third kappa shape index (κ3) is 4.15. The SMILES string of the molecule is Cc1ccc(-n2ccc(CCCCCc3cn[nH]n3)c(O)c2=O)cc1. The van der Waals surface area contributed by atoms with Crippen molar-refractivity contribution in [3.8, 4) is 11.4 Å². The molecule has 0 aliphatic rings. The number of nitrogens with zero attached hydrogens (tertiary/aromatic N) is 3. The molecule has 6 heteroatoms. The summed E-state index contributed by atoms with van der Waals surface area (Å²) in [5, 5.41) is 20.7. The lowest BCUT2D eigenvalue weighted by atomic mass is 10.1. The molecule has 130 valence electrons. The number of aryl methyl sites for hydroxylation is 3. The minimum atomic E-state index is -0.371. The van der Waals surface area contributed by atoms with Crippen molar-refractivity contribution in [1.29, 1.82) is 0 Å². The fourth-order valence-corrected chi connectivity index (χ4v) is 2.82. The molecule has 0 unspecified atom stereocenters. The van der Waals surface area contributed by atoms with E-state index in [-0.39, 0.29) is 11.3 Å². The molecule has 0 fully saturated rings. The number of aromatic amines is 1. The predicted octanol–water partition coefficient (Wildman–Crippen LogP) is 2.93. The van der Waals surface area contributed by atoms with E-state index < -0.39 is 0 Å². The van der Waals surface area contributed by atoms with E-state index in [0.29, 0.717) is 12.0 Å². The molecule has 3 rings (SSSR count). The van der Waals surface area contributed by atoms with Crippen LogP contribution in [0.1, 0.15) is 36.1 Å². The second-order valence-corrected chi connectivity index (χ2v) is 6.22. The van der Waals surface area contributed by atoms with Gasteiger partial charge in [-0.2, -0.15) is 15.4 Å². The lowest BCUT2D eigenvalue weighted by Crippen LogP contribution is -2.18. The number of nitrogens with one attached hydrogen (secondary N) is 1. The van der Waals surface area contributed by atoms with Gasteiger partial charge in [-0.1, -0.05) is 24.1 Å². The van der Waals surface area contributed by atoms with E-state index in [0.717, 1.165) is 42.6 Å². The van der Waals surface area contributed by atoms with Crippen LogP contribution in [0.25, 0.3) is 5.69 Å². The number of rotatable bonds is 7. The van der Waals surface area contributed by atoms with E-state index in [1.54, 1.807) is 12.4 Å². The first-order valence-electron chi connectivity index (χ1n) is 8.50. The Labute approximate surface area is 146 Å². The van der Waals surface area contributed by atoms with Crippen LogP contribution in [0.4, 0.5) is 0 Å². The van der Waals surface area contributed by atoms with Crippen molar-refractivity contribution in [1.82, 2.24) is 20.0 Å². The van der Waals surface area contributed by atoms with E-state index in [9.17, 15) is 9.90 Å². The van der Waals surface area contributed by atoms with Crippen LogP contribution in [0.15, 0.2) is 47.5 Å². The third-order valence-electron chi connectivity index (χ3n) is 4.31. The van der Waals surface area contributed by atoms with E-state index in [4.69, 9.17) is 0 Å². The van der Waals surface area contributed by atoms with Crippen LogP contribution in [-0.2, 0) is 12.8 Å². The molecule has 2 heterocycles. The highest BCUT2D eigenvalue weighted by Crippen LogP contribution is 2.17. The van der Waals surface area contributed by atoms with Crippen LogP contribution >= 0.6 is 0 Å². The Morgan fingerprint density at radius 2 is 1.84 bits per heavy atom. The molecule has 0 bridgehead atoms. The van der Waals surface area contributed by atoms with E-state index in [2.05, 4.69) is 15.4 Å². The van der Waals surface area contributed by atoms with E-state index >= 15 is 0 Å². The molecule has 0 saturated heterocycles. The number of H-pyrrole nitrogens is 1. The van der Waals surface area contributed by atoms with Gasteiger partial charge in [0.25, 0.3) is 5.56 Å². The number of aromatic hydroxyl groups is 1. The lowest BCUT2D eigenvalue weighted by Gasteiger charge is -2.10. The molecule has 6 nitrogen and oxygen atoms in total. The summed E-state index contributed by atoms with van der Waals surface area (Å²) in [5.74, 6) is -0.153. The Morgan fingerprint density at radius 1 is 1.08 bits per heavy atom. The van der Waals surface area contributed by atoms with Gasteiger partial charge < -0.3 is 5.11 Å². The number of hydrogen-bond acceptors (Lipinski definition) is 4. The van der Waals surface area contributed by atoms with Gasteiger partial charge in [-0.3, -0.25) is 9.36 Å². The highest BCUT2D eigenvalue weighted by atomic mass is 16.3. The van der Waals surface area contributed by atoms with E-state index in [1.807, 2.05) is 37.3 Å². The molecule has 0 radical (unpaired) electrons. The second-order valence-electron chi connectivity index (χ2n) is 6.22. The topological polar surface area (TPSA) is 83.8 Å². The van der Waals surface area contributed by atoms with Crippen molar-refractivity contribution in [3.05, 3.63) is 69.9 Å². The van der Waals surface area contributed by atoms with Gasteiger partial charge in [0.1, 0.15) is 0 Å². The van der Waals surface area contributed by atoms with E-state index in [1.165, 1.54) is 4.57 Å². The van der Waals surface area contributed by atoms with Crippen LogP contribution in [-0.4, -0.2) is 25.1 Å². The van der Waals surface area contributed by atoms with Gasteiger partial charge in [0.15, 0.2) is 5.75 Å². The van der Waals surface area contributed by atoms with Crippen molar-refractivity contribution in [2.45, 2.75) is 39.0 Å². The zero-order valence-electron chi connectivity index (χ0n) is 14.3. The minimum Gasteiger partial charge on any atom is -0.503 e. The summed E-state index contributed by atoms with van der Waals surface area (Å²) in [7, 11) is 0. The number of hydrogen-bond donors (Lipinski definition) is 2. The normalized spacial score (nSPS) is 10.9. The molecule has 0 atom stereocenters. The quantitative estimate of drug-likeness (QED) is 0.649. The molecule has 0 aliphatic carbocycles. The summed E-state index contributed by atoms with van der Waals surface area (Å²) in [6.45, 7) is 2.00. The number of unbranched alkanes of at least 4 members (excludes halogenated alkanes) is 2. The van der Waals surface area contributed by atoms with Gasteiger partial charge in [0, 0.05) is 17.4 Å². The first kappa shape index (κ1) is 17.0. The average molecular weight is 338 g/mol. The van der Waals surface area contributed by atoms with Gasteiger partial charge in [-0.25, -0.2) is 0 Å². The summed E-state index contributed by atoms with van der Waals surface area (Å²) < 4.78 is 1.48. The molecular weight excluding hydrogens is 316 g/mol. The fourth-order valence-electron chi connectivity index (χ4n) is 2.82. The van der Waals surface area contributed by atoms with Gasteiger partial charge in [0.05, 0.1) is 11.9 Å². The molecule has 2 aromatic heterocycles. The maximum absolute atomic E-state index is 12.4. The molecule has 3 aromatic rings. The minimum absolute atomic E-state index is 0.153. The number of pyridine rings is 1. The lowest BCUT2D eigenvalue weighted by molar-refractivity contribution is 0.454. The molecule has 0 spiro atoms. The van der Waals surface area contributed by atoms with Gasteiger partial charge in [-0.15, -0.1) is 0 Å². The van der Waals surface area contributed by atoms with Crippen LogP contribution in [0.3, 0.4) is 0 Å². The van der Waals surface area contributed by atoms with Crippen molar-refractivity contribution in [2.75, 3.05) is 0 Å². The van der Waals surface area contributed by atoms with Crippen molar-refractivity contribution >= 4 is 0 Å². The first-order valence-corrected chi connectivity index (χ1v) is 8.50. The van der Waals surface area contributed by atoms with Gasteiger partial charge in [0.2, 0.25) is 0 Å². The van der Waals surface area contributed by atoms with Crippen LogP contribution in [0.5, 0.6) is 5.75 Å². The Balaban J connectivity index is 1.60. The monoisotopic (exact) mass is 338 g/mol. The summed E-state index contributed by atoms with van der Waals surface area (Å²) >= 11 is 0. The second kappa shape index (κ2) is 7.79. The summed E-state index contributed by atoms with van der Waals surface area (Å²) in [4.78, 5) is 12.4. The Kier molecular flexibility index (Phi) is 5.28.